The van der Waals surface area contributed by atoms with Crippen LogP contribution in [0.15, 0.2) is 16.6 Å². The number of ether oxygens (including phenoxy) is 2. The molecule has 1 unspecified atom stereocenters. The van der Waals surface area contributed by atoms with E-state index < -0.39 is 18.6 Å². The number of nitrogens with two attached hydrogens (primary N) is 1. The maximum absolute atomic E-state index is 12.3. The minimum absolute atomic E-state index is 0.324. The van der Waals surface area contributed by atoms with Crippen LogP contribution >= 0.6 is 15.9 Å². The minimum Gasteiger partial charge on any atom is -0.493 e. The second-order valence-electron chi connectivity index (χ2n) is 3.65. The van der Waals surface area contributed by atoms with E-state index in [1.807, 2.05) is 0 Å². The lowest BCUT2D eigenvalue weighted by molar-refractivity contribution is -0.138. The summed E-state index contributed by atoms with van der Waals surface area (Å²) in [6.45, 7) is 0. The fourth-order valence-corrected chi connectivity index (χ4v) is 2.13. The number of halogens is 4. The second-order valence-corrected chi connectivity index (χ2v) is 4.51. The molecule has 0 heterocycles. The van der Waals surface area contributed by atoms with Gasteiger partial charge in [-0.3, -0.25) is 0 Å². The highest BCUT2D eigenvalue weighted by atomic mass is 79.9. The Bertz CT molecular complexity index is 423. The summed E-state index contributed by atoms with van der Waals surface area (Å²) < 4.78 is 47.4. The number of hydrogen-bond acceptors (Lipinski definition) is 3. The third-order valence-electron chi connectivity index (χ3n) is 2.35. The molecule has 0 aromatic heterocycles. The molecule has 0 aliphatic rings. The Kier molecular flexibility index (Phi) is 4.86. The number of methoxy groups -OCH3 is 2. The van der Waals surface area contributed by atoms with E-state index in [9.17, 15) is 13.2 Å². The Labute approximate surface area is 111 Å². The van der Waals surface area contributed by atoms with Crippen molar-refractivity contribution < 1.29 is 22.6 Å². The molecule has 1 aromatic rings. The maximum Gasteiger partial charge on any atom is 0.390 e. The average molecular weight is 328 g/mol. The van der Waals surface area contributed by atoms with Crippen LogP contribution in [-0.2, 0) is 0 Å². The van der Waals surface area contributed by atoms with E-state index in [2.05, 4.69) is 15.9 Å². The van der Waals surface area contributed by atoms with Gasteiger partial charge < -0.3 is 15.2 Å². The van der Waals surface area contributed by atoms with Gasteiger partial charge in [-0.05, 0) is 17.7 Å². The third-order valence-corrected chi connectivity index (χ3v) is 3.04. The van der Waals surface area contributed by atoms with Gasteiger partial charge in [0.1, 0.15) is 0 Å². The number of hydrogen-bond donors (Lipinski definition) is 1. The van der Waals surface area contributed by atoms with Gasteiger partial charge in [0, 0.05) is 10.5 Å². The van der Waals surface area contributed by atoms with Crippen LogP contribution in [0.4, 0.5) is 13.2 Å². The van der Waals surface area contributed by atoms with Crippen LogP contribution in [0.3, 0.4) is 0 Å². The van der Waals surface area contributed by atoms with Gasteiger partial charge in [-0.25, -0.2) is 0 Å². The molecule has 1 rings (SSSR count). The quantitative estimate of drug-likeness (QED) is 0.921. The number of alkyl halides is 3. The zero-order valence-electron chi connectivity index (χ0n) is 9.84. The summed E-state index contributed by atoms with van der Waals surface area (Å²) in [5.74, 6) is 0.764. The molecule has 1 atom stereocenters. The SMILES string of the molecule is COc1cc(Br)c(C(N)CC(F)(F)F)cc1OC. The highest BCUT2D eigenvalue weighted by molar-refractivity contribution is 9.10. The Morgan fingerprint density at radius 3 is 2.17 bits per heavy atom. The van der Waals surface area contributed by atoms with Crippen LogP contribution in [0.1, 0.15) is 18.0 Å². The molecular weight excluding hydrogens is 315 g/mol. The van der Waals surface area contributed by atoms with Gasteiger partial charge in [0.2, 0.25) is 0 Å². The topological polar surface area (TPSA) is 44.5 Å². The predicted octanol–water partition coefficient (Wildman–Crippen LogP) is 3.42. The van der Waals surface area contributed by atoms with Crippen molar-refractivity contribution in [3.05, 3.63) is 22.2 Å². The Hall–Kier alpha value is -0.950. The van der Waals surface area contributed by atoms with E-state index in [1.54, 1.807) is 0 Å². The monoisotopic (exact) mass is 327 g/mol. The van der Waals surface area contributed by atoms with Gasteiger partial charge in [0.05, 0.1) is 20.6 Å². The summed E-state index contributed by atoms with van der Waals surface area (Å²) in [4.78, 5) is 0. The van der Waals surface area contributed by atoms with Gasteiger partial charge in [-0.1, -0.05) is 15.9 Å². The lowest BCUT2D eigenvalue weighted by Gasteiger charge is -2.18. The molecule has 1 aromatic carbocycles. The molecule has 3 nitrogen and oxygen atoms in total. The predicted molar refractivity (Wildman–Crippen MR) is 64.8 cm³/mol. The first-order valence-electron chi connectivity index (χ1n) is 5.02. The van der Waals surface area contributed by atoms with E-state index in [0.717, 1.165) is 0 Å². The van der Waals surface area contributed by atoms with Crippen molar-refractivity contribution in [2.45, 2.75) is 18.6 Å². The van der Waals surface area contributed by atoms with Crippen LogP contribution in [-0.4, -0.2) is 20.4 Å². The Morgan fingerprint density at radius 2 is 1.72 bits per heavy atom. The molecule has 0 saturated heterocycles. The molecule has 0 saturated carbocycles. The van der Waals surface area contributed by atoms with Crippen LogP contribution in [0.25, 0.3) is 0 Å². The molecule has 0 fully saturated rings. The average Bonchev–Trinajstić information content (AvgIpc) is 2.26. The standard InChI is InChI=1S/C11H13BrF3NO2/c1-17-9-3-6(7(12)4-10(9)18-2)8(16)5-11(13,14)15/h3-4,8H,5,16H2,1-2H3. The third kappa shape index (κ3) is 3.78. The normalized spacial score (nSPS) is 13.3. The number of benzene rings is 1. The molecule has 7 heteroatoms. The largest absolute Gasteiger partial charge is 0.493 e. The van der Waals surface area contributed by atoms with Crippen molar-refractivity contribution in [2.24, 2.45) is 5.73 Å². The van der Waals surface area contributed by atoms with Gasteiger partial charge in [0.15, 0.2) is 11.5 Å². The molecule has 0 amide bonds. The van der Waals surface area contributed by atoms with Gasteiger partial charge in [-0.15, -0.1) is 0 Å². The van der Waals surface area contributed by atoms with Gasteiger partial charge in [-0.2, -0.15) is 13.2 Å². The molecule has 102 valence electrons. The van der Waals surface area contributed by atoms with Crippen molar-refractivity contribution in [3.63, 3.8) is 0 Å². The highest BCUT2D eigenvalue weighted by Crippen LogP contribution is 2.38. The van der Waals surface area contributed by atoms with E-state index in [0.29, 0.717) is 21.5 Å². The summed E-state index contributed by atoms with van der Waals surface area (Å²) in [6.07, 6.45) is -5.41. The van der Waals surface area contributed by atoms with Crippen LogP contribution < -0.4 is 15.2 Å². The molecular formula is C11H13BrF3NO2. The van der Waals surface area contributed by atoms with Crippen molar-refractivity contribution in [3.8, 4) is 11.5 Å². The van der Waals surface area contributed by atoms with Crippen molar-refractivity contribution >= 4 is 15.9 Å². The summed E-state index contributed by atoms with van der Waals surface area (Å²) >= 11 is 3.18. The number of rotatable bonds is 4. The van der Waals surface area contributed by atoms with Gasteiger partial charge in [0.25, 0.3) is 0 Å². The smallest absolute Gasteiger partial charge is 0.390 e. The van der Waals surface area contributed by atoms with Crippen molar-refractivity contribution in [1.29, 1.82) is 0 Å². The first-order chi connectivity index (χ1) is 8.28. The molecule has 0 bridgehead atoms. The summed E-state index contributed by atoms with van der Waals surface area (Å²) in [5, 5.41) is 0. The van der Waals surface area contributed by atoms with E-state index in [4.69, 9.17) is 15.2 Å². The summed E-state index contributed by atoms with van der Waals surface area (Å²) in [6, 6.07) is 1.82. The minimum atomic E-state index is -4.31. The Morgan fingerprint density at radius 1 is 1.22 bits per heavy atom. The van der Waals surface area contributed by atoms with Crippen molar-refractivity contribution in [1.82, 2.24) is 0 Å². The fraction of sp³-hybridized carbons (Fsp3) is 0.455. The van der Waals surface area contributed by atoms with E-state index >= 15 is 0 Å². The lowest BCUT2D eigenvalue weighted by atomic mass is 10.0. The van der Waals surface area contributed by atoms with Crippen LogP contribution in [0.5, 0.6) is 11.5 Å². The van der Waals surface area contributed by atoms with Crippen LogP contribution in [0.2, 0.25) is 0 Å². The highest BCUT2D eigenvalue weighted by Gasteiger charge is 2.32. The maximum atomic E-state index is 12.3. The first-order valence-corrected chi connectivity index (χ1v) is 5.81. The van der Waals surface area contributed by atoms with E-state index in [-0.39, 0.29) is 0 Å². The summed E-state index contributed by atoms with van der Waals surface area (Å²) in [7, 11) is 2.85. The first kappa shape index (κ1) is 15.1. The van der Waals surface area contributed by atoms with Gasteiger partial charge >= 0.3 is 6.18 Å². The zero-order chi connectivity index (χ0) is 13.9. The molecule has 18 heavy (non-hydrogen) atoms. The van der Waals surface area contributed by atoms with Crippen molar-refractivity contribution in [2.75, 3.05) is 14.2 Å². The fourth-order valence-electron chi connectivity index (χ4n) is 1.51. The molecule has 2 N–H and O–H groups in total. The molecule has 0 spiro atoms. The molecule has 0 aliphatic carbocycles. The van der Waals surface area contributed by atoms with Crippen LogP contribution in [0, 0.1) is 0 Å². The molecule has 0 radical (unpaired) electrons. The van der Waals surface area contributed by atoms with E-state index in [1.165, 1.54) is 26.4 Å². The second kappa shape index (κ2) is 5.79. The Balaban J connectivity index is 3.09. The summed E-state index contributed by atoms with van der Waals surface area (Å²) in [5.41, 5.74) is 5.87. The molecule has 0 aliphatic heterocycles. The zero-order valence-corrected chi connectivity index (χ0v) is 11.4. The lowest BCUT2D eigenvalue weighted by Crippen LogP contribution is -2.20.